The summed E-state index contributed by atoms with van der Waals surface area (Å²) in [7, 11) is 0. The van der Waals surface area contributed by atoms with E-state index in [0.29, 0.717) is 10.6 Å². The van der Waals surface area contributed by atoms with Crippen molar-refractivity contribution in [2.45, 2.75) is 34.6 Å². The standard InChI is InChI=1S/C9H7NOS.2C2H6/c1-6-10-8-5-3-2-4-7(8)9(12)11-6;2*1-2/h2-5H,1H3;2*1-2H3. The molecule has 0 saturated carbocycles. The van der Waals surface area contributed by atoms with Gasteiger partial charge in [0.05, 0.1) is 10.9 Å². The number of rotatable bonds is 0. The summed E-state index contributed by atoms with van der Waals surface area (Å²) in [4.78, 5) is 4.20. The van der Waals surface area contributed by atoms with Gasteiger partial charge in [-0.3, -0.25) is 0 Å². The first-order valence-corrected chi connectivity index (χ1v) is 6.05. The van der Waals surface area contributed by atoms with E-state index in [-0.39, 0.29) is 0 Å². The molecule has 0 aliphatic rings. The Morgan fingerprint density at radius 2 is 1.62 bits per heavy atom. The van der Waals surface area contributed by atoms with Crippen molar-refractivity contribution in [2.75, 3.05) is 0 Å². The Morgan fingerprint density at radius 3 is 2.25 bits per heavy atom. The van der Waals surface area contributed by atoms with E-state index < -0.39 is 0 Å². The summed E-state index contributed by atoms with van der Waals surface area (Å²) in [6.07, 6.45) is 0. The lowest BCUT2D eigenvalue weighted by Gasteiger charge is -1.96. The number of aryl methyl sites for hydroxylation is 1. The zero-order valence-electron chi connectivity index (χ0n) is 10.6. The van der Waals surface area contributed by atoms with Gasteiger partial charge in [-0.1, -0.05) is 39.8 Å². The summed E-state index contributed by atoms with van der Waals surface area (Å²) in [6, 6.07) is 7.69. The van der Waals surface area contributed by atoms with Crippen LogP contribution in [-0.4, -0.2) is 4.98 Å². The van der Waals surface area contributed by atoms with Gasteiger partial charge in [-0.05, 0) is 24.4 Å². The number of aromatic nitrogens is 1. The lowest BCUT2D eigenvalue weighted by molar-refractivity contribution is 0.486. The monoisotopic (exact) mass is 237 g/mol. The van der Waals surface area contributed by atoms with Crippen LogP contribution in [0, 0.1) is 11.6 Å². The maximum absolute atomic E-state index is 5.19. The van der Waals surface area contributed by atoms with Gasteiger partial charge in [-0.2, -0.15) is 0 Å². The van der Waals surface area contributed by atoms with Gasteiger partial charge in [0.25, 0.3) is 0 Å². The number of hydrogen-bond donors (Lipinski definition) is 0. The molecule has 0 atom stereocenters. The van der Waals surface area contributed by atoms with Crippen LogP contribution >= 0.6 is 12.2 Å². The molecule has 2 aromatic rings. The van der Waals surface area contributed by atoms with E-state index in [1.54, 1.807) is 6.92 Å². The lowest BCUT2D eigenvalue weighted by Crippen LogP contribution is -1.82. The summed E-state index contributed by atoms with van der Waals surface area (Å²) in [5.41, 5.74) is 0.895. The van der Waals surface area contributed by atoms with E-state index in [4.69, 9.17) is 16.6 Å². The molecule has 0 N–H and O–H groups in total. The third kappa shape index (κ3) is 3.74. The van der Waals surface area contributed by atoms with Crippen LogP contribution in [-0.2, 0) is 0 Å². The molecular formula is C13H19NOS. The molecule has 16 heavy (non-hydrogen) atoms. The van der Waals surface area contributed by atoms with Crippen LogP contribution in [0.4, 0.5) is 0 Å². The minimum atomic E-state index is 0.512. The van der Waals surface area contributed by atoms with Gasteiger partial charge in [0.2, 0.25) is 4.71 Å². The van der Waals surface area contributed by atoms with Crippen LogP contribution < -0.4 is 0 Å². The van der Waals surface area contributed by atoms with E-state index >= 15 is 0 Å². The lowest BCUT2D eigenvalue weighted by atomic mass is 10.2. The third-order valence-corrected chi connectivity index (χ3v) is 1.95. The highest BCUT2D eigenvalue weighted by Crippen LogP contribution is 2.13. The summed E-state index contributed by atoms with van der Waals surface area (Å²) in [6.45, 7) is 9.79. The van der Waals surface area contributed by atoms with Crippen molar-refractivity contribution in [3.8, 4) is 0 Å². The Hall–Kier alpha value is -1.22. The molecule has 2 rings (SSSR count). The SMILES string of the molecule is CC.CC.Cc1nc2ccccc2c(=S)o1. The third-order valence-electron chi connectivity index (χ3n) is 1.64. The summed E-state index contributed by atoms with van der Waals surface area (Å²) >= 11 is 5.03. The van der Waals surface area contributed by atoms with Crippen LogP contribution in [0.3, 0.4) is 0 Å². The Balaban J connectivity index is 0.000000509. The van der Waals surface area contributed by atoms with Gasteiger partial charge < -0.3 is 4.42 Å². The number of nitrogens with zero attached hydrogens (tertiary/aromatic N) is 1. The summed E-state index contributed by atoms with van der Waals surface area (Å²) in [5.74, 6) is 0.610. The molecule has 0 aliphatic carbocycles. The molecule has 0 aliphatic heterocycles. The molecule has 1 heterocycles. The van der Waals surface area contributed by atoms with E-state index in [9.17, 15) is 0 Å². The maximum Gasteiger partial charge on any atom is 0.201 e. The Labute approximate surface area is 102 Å². The molecule has 0 fully saturated rings. The molecule has 0 unspecified atom stereocenters. The smallest absolute Gasteiger partial charge is 0.201 e. The number of benzene rings is 1. The number of hydrogen-bond acceptors (Lipinski definition) is 3. The van der Waals surface area contributed by atoms with Crippen molar-refractivity contribution in [3.63, 3.8) is 0 Å². The number of para-hydroxylation sites is 1. The fraction of sp³-hybridized carbons (Fsp3) is 0.385. The van der Waals surface area contributed by atoms with E-state index in [2.05, 4.69) is 4.98 Å². The van der Waals surface area contributed by atoms with Crippen molar-refractivity contribution >= 4 is 23.1 Å². The maximum atomic E-state index is 5.19. The minimum absolute atomic E-state index is 0.512. The predicted octanol–water partition coefficient (Wildman–Crippen LogP) is 4.92. The molecule has 2 nitrogen and oxygen atoms in total. The van der Waals surface area contributed by atoms with Crippen molar-refractivity contribution in [1.29, 1.82) is 0 Å². The van der Waals surface area contributed by atoms with Gasteiger partial charge in [0.1, 0.15) is 0 Å². The van der Waals surface area contributed by atoms with Crippen LogP contribution in [0.15, 0.2) is 28.7 Å². The largest absolute Gasteiger partial charge is 0.431 e. The predicted molar refractivity (Wildman–Crippen MR) is 72.3 cm³/mol. The topological polar surface area (TPSA) is 26.0 Å². The second-order valence-corrected chi connectivity index (χ2v) is 2.91. The summed E-state index contributed by atoms with van der Waals surface area (Å²) < 4.78 is 5.71. The molecule has 1 aromatic heterocycles. The average molecular weight is 237 g/mol. The number of fused-ring (bicyclic) bond motifs is 1. The van der Waals surface area contributed by atoms with Crippen LogP contribution in [0.2, 0.25) is 0 Å². The molecule has 3 heteroatoms. The highest BCUT2D eigenvalue weighted by molar-refractivity contribution is 7.71. The minimum Gasteiger partial charge on any atom is -0.431 e. The van der Waals surface area contributed by atoms with Crippen LogP contribution in [0.1, 0.15) is 33.6 Å². The second kappa shape index (κ2) is 7.99. The van der Waals surface area contributed by atoms with E-state index in [1.807, 2.05) is 52.0 Å². The van der Waals surface area contributed by atoms with Crippen LogP contribution in [0.25, 0.3) is 10.9 Å². The van der Waals surface area contributed by atoms with Crippen LogP contribution in [0.5, 0.6) is 0 Å². The molecule has 0 radical (unpaired) electrons. The zero-order valence-corrected chi connectivity index (χ0v) is 11.4. The Bertz CT molecular complexity index is 477. The van der Waals surface area contributed by atoms with E-state index in [1.165, 1.54) is 0 Å². The van der Waals surface area contributed by atoms with Crippen molar-refractivity contribution in [3.05, 3.63) is 34.9 Å². The normalized spacial score (nSPS) is 8.56. The molecule has 0 spiro atoms. The Morgan fingerprint density at radius 1 is 1.06 bits per heavy atom. The Kier molecular flexibility index (Phi) is 7.38. The first kappa shape index (κ1) is 14.8. The van der Waals surface area contributed by atoms with Crippen molar-refractivity contribution < 1.29 is 4.42 Å². The molecule has 1 aromatic carbocycles. The van der Waals surface area contributed by atoms with Gasteiger partial charge in [-0.25, -0.2) is 4.98 Å². The average Bonchev–Trinajstić information content (AvgIpc) is 2.34. The van der Waals surface area contributed by atoms with Gasteiger partial charge in [-0.15, -0.1) is 0 Å². The first-order valence-electron chi connectivity index (χ1n) is 5.64. The molecule has 0 bridgehead atoms. The van der Waals surface area contributed by atoms with E-state index in [0.717, 1.165) is 10.9 Å². The quantitative estimate of drug-likeness (QED) is 0.608. The molecule has 0 saturated heterocycles. The van der Waals surface area contributed by atoms with Crippen molar-refractivity contribution in [1.82, 2.24) is 4.98 Å². The fourth-order valence-corrected chi connectivity index (χ4v) is 1.42. The molecular weight excluding hydrogens is 218 g/mol. The highest BCUT2D eigenvalue weighted by atomic mass is 32.1. The molecule has 0 amide bonds. The molecule has 88 valence electrons. The highest BCUT2D eigenvalue weighted by Gasteiger charge is 1.97. The van der Waals surface area contributed by atoms with Gasteiger partial charge >= 0.3 is 0 Å². The first-order chi connectivity index (χ1) is 7.77. The zero-order chi connectivity index (χ0) is 12.6. The second-order valence-electron chi connectivity index (χ2n) is 2.54. The van der Waals surface area contributed by atoms with Gasteiger partial charge in [0.15, 0.2) is 5.89 Å². The fourth-order valence-electron chi connectivity index (χ4n) is 1.13. The van der Waals surface area contributed by atoms with Gasteiger partial charge in [0, 0.05) is 6.92 Å². The summed E-state index contributed by atoms with van der Waals surface area (Å²) in [5, 5.41) is 0.901. The van der Waals surface area contributed by atoms with Crippen molar-refractivity contribution in [2.24, 2.45) is 0 Å².